The molecule has 0 spiro atoms. The first-order valence-electron chi connectivity index (χ1n) is 10.5. The van der Waals surface area contributed by atoms with E-state index in [9.17, 15) is 4.79 Å². The molecule has 0 saturated carbocycles. The number of hydrogen-bond donors (Lipinski definition) is 1. The topological polar surface area (TPSA) is 69.2 Å². The third-order valence-corrected chi connectivity index (χ3v) is 5.12. The Balaban J connectivity index is 1.83. The van der Waals surface area contributed by atoms with Gasteiger partial charge in [0.25, 0.3) is 0 Å². The second-order valence-electron chi connectivity index (χ2n) is 7.11. The molecule has 0 bridgehead atoms. The number of aryl methyl sites for hydroxylation is 1. The number of carbonyl (C=O) groups excluding carboxylic acids is 1. The lowest BCUT2D eigenvalue weighted by molar-refractivity contribution is -0.118. The van der Waals surface area contributed by atoms with E-state index in [-0.39, 0.29) is 5.91 Å². The van der Waals surface area contributed by atoms with E-state index >= 15 is 0 Å². The van der Waals surface area contributed by atoms with Crippen LogP contribution in [0.2, 0.25) is 0 Å². The number of halogens is 1. The molecule has 0 saturated heterocycles. The number of methoxy groups -OCH3 is 1. The molecule has 0 aromatic heterocycles. The van der Waals surface area contributed by atoms with Crippen LogP contribution in [0.25, 0.3) is 0 Å². The van der Waals surface area contributed by atoms with Crippen molar-refractivity contribution in [3.8, 4) is 17.2 Å². The third-order valence-electron chi connectivity index (χ3n) is 4.53. The molecule has 0 aliphatic carbocycles. The van der Waals surface area contributed by atoms with E-state index in [2.05, 4.69) is 45.5 Å². The number of nitrogens with one attached hydrogen (secondary N) is 1. The van der Waals surface area contributed by atoms with Gasteiger partial charge < -0.3 is 14.2 Å². The predicted octanol–water partition coefficient (Wildman–Crippen LogP) is 5.51. The summed E-state index contributed by atoms with van der Waals surface area (Å²) in [7, 11) is 1.57. The van der Waals surface area contributed by atoms with Gasteiger partial charge in [0.05, 0.1) is 17.8 Å². The van der Waals surface area contributed by atoms with Crippen molar-refractivity contribution in [3.63, 3.8) is 0 Å². The van der Waals surface area contributed by atoms with Crippen molar-refractivity contribution in [1.82, 2.24) is 5.43 Å². The first-order chi connectivity index (χ1) is 15.0. The van der Waals surface area contributed by atoms with E-state index in [1.165, 1.54) is 44.4 Å². The first kappa shape index (κ1) is 24.7. The highest BCUT2D eigenvalue weighted by Gasteiger charge is 2.11. The highest BCUT2D eigenvalue weighted by molar-refractivity contribution is 9.10. The fraction of sp³-hybridized carbons (Fsp3) is 0.417. The molecule has 2 aromatic rings. The maximum Gasteiger partial charge on any atom is 0.236 e. The number of benzene rings is 2. The Bertz CT molecular complexity index is 853. The molecule has 0 heterocycles. The minimum atomic E-state index is -0.233. The van der Waals surface area contributed by atoms with Crippen molar-refractivity contribution in [2.75, 3.05) is 20.3 Å². The molecule has 2 rings (SSSR count). The summed E-state index contributed by atoms with van der Waals surface area (Å²) in [4.78, 5) is 10.9. The van der Waals surface area contributed by atoms with E-state index in [1.54, 1.807) is 13.2 Å². The highest BCUT2D eigenvalue weighted by atomic mass is 79.9. The quantitative estimate of drug-likeness (QED) is 0.228. The molecule has 6 nitrogen and oxygen atoms in total. The zero-order valence-corrected chi connectivity index (χ0v) is 20.0. The maximum atomic E-state index is 10.9. The summed E-state index contributed by atoms with van der Waals surface area (Å²) in [6.45, 7) is 4.41. The van der Waals surface area contributed by atoms with Crippen molar-refractivity contribution < 1.29 is 19.0 Å². The number of hydrogen-bond acceptors (Lipinski definition) is 5. The second-order valence-corrected chi connectivity index (χ2v) is 7.97. The van der Waals surface area contributed by atoms with Crippen LogP contribution in [0.5, 0.6) is 17.2 Å². The maximum absolute atomic E-state index is 10.9. The van der Waals surface area contributed by atoms with Crippen LogP contribution >= 0.6 is 15.9 Å². The SMILES string of the molecule is CCCCCCc1ccc(OCCOc2c(Br)cc(/C=N/NC(C)=O)cc2OC)cc1. The monoisotopic (exact) mass is 490 g/mol. The number of hydrazone groups is 1. The minimum Gasteiger partial charge on any atom is -0.493 e. The Morgan fingerprint density at radius 2 is 1.84 bits per heavy atom. The average molecular weight is 491 g/mol. The van der Waals surface area contributed by atoms with Crippen molar-refractivity contribution in [2.24, 2.45) is 5.10 Å². The van der Waals surface area contributed by atoms with Crippen molar-refractivity contribution in [1.29, 1.82) is 0 Å². The number of carbonyl (C=O) groups is 1. The number of rotatable bonds is 13. The van der Waals surface area contributed by atoms with Crippen LogP contribution in [0, 0.1) is 0 Å². The van der Waals surface area contributed by atoms with Gasteiger partial charge in [-0.1, -0.05) is 38.3 Å². The van der Waals surface area contributed by atoms with E-state index in [0.717, 1.165) is 22.2 Å². The summed E-state index contributed by atoms with van der Waals surface area (Å²) >= 11 is 3.50. The van der Waals surface area contributed by atoms with Gasteiger partial charge in [0.2, 0.25) is 5.91 Å². The van der Waals surface area contributed by atoms with Crippen LogP contribution in [0.15, 0.2) is 46.0 Å². The molecule has 0 fully saturated rings. The van der Waals surface area contributed by atoms with Crippen molar-refractivity contribution >= 4 is 28.1 Å². The molecule has 31 heavy (non-hydrogen) atoms. The van der Waals surface area contributed by atoms with Gasteiger partial charge in [-0.25, -0.2) is 5.43 Å². The van der Waals surface area contributed by atoms with Gasteiger partial charge in [0.1, 0.15) is 19.0 Å². The summed E-state index contributed by atoms with van der Waals surface area (Å²) < 4.78 is 17.8. The number of ether oxygens (including phenoxy) is 3. The Kier molecular flexibility index (Phi) is 10.9. The number of unbranched alkanes of at least 4 members (excludes halogenated alkanes) is 3. The smallest absolute Gasteiger partial charge is 0.236 e. The molecule has 0 aliphatic heterocycles. The molecule has 1 N–H and O–H groups in total. The summed E-state index contributed by atoms with van der Waals surface area (Å²) in [6.07, 6.45) is 7.73. The minimum absolute atomic E-state index is 0.233. The number of amides is 1. The van der Waals surface area contributed by atoms with E-state index in [4.69, 9.17) is 14.2 Å². The first-order valence-corrected chi connectivity index (χ1v) is 11.3. The molecule has 0 aliphatic rings. The third kappa shape index (κ3) is 9.00. The predicted molar refractivity (Wildman–Crippen MR) is 127 cm³/mol. The Morgan fingerprint density at radius 3 is 2.52 bits per heavy atom. The second kappa shape index (κ2) is 13.7. The van der Waals surface area contributed by atoms with Crippen LogP contribution in [-0.2, 0) is 11.2 Å². The number of nitrogens with zero attached hydrogens (tertiary/aromatic N) is 1. The fourth-order valence-corrected chi connectivity index (χ4v) is 3.54. The van der Waals surface area contributed by atoms with E-state index in [1.807, 2.05) is 18.2 Å². The van der Waals surface area contributed by atoms with Crippen molar-refractivity contribution in [2.45, 2.75) is 46.0 Å². The molecule has 1 amide bonds. The summed E-state index contributed by atoms with van der Waals surface area (Å²) in [5.74, 6) is 1.75. The van der Waals surface area contributed by atoms with Gasteiger partial charge in [-0.3, -0.25) is 4.79 Å². The van der Waals surface area contributed by atoms with Gasteiger partial charge in [-0.05, 0) is 64.2 Å². The standard InChI is InChI=1S/C24H31BrN2O4/c1-4-5-6-7-8-19-9-11-21(12-10-19)30-13-14-31-24-22(25)15-20(16-23(24)29-3)17-26-27-18(2)28/h9-12,15-17H,4-8,13-14H2,1-3H3,(H,27,28)/b26-17+. The highest BCUT2D eigenvalue weighted by Crippen LogP contribution is 2.36. The zero-order chi connectivity index (χ0) is 22.5. The molecule has 7 heteroatoms. The fourth-order valence-electron chi connectivity index (χ4n) is 2.96. The van der Waals surface area contributed by atoms with Crippen LogP contribution in [-0.4, -0.2) is 32.4 Å². The summed E-state index contributed by atoms with van der Waals surface area (Å²) in [5.41, 5.74) is 4.47. The molecular formula is C24H31BrN2O4. The van der Waals surface area contributed by atoms with Crippen molar-refractivity contribution in [3.05, 3.63) is 52.0 Å². The zero-order valence-electron chi connectivity index (χ0n) is 18.4. The Labute approximate surface area is 193 Å². The van der Waals surface area contributed by atoms with Crippen LogP contribution < -0.4 is 19.6 Å². The van der Waals surface area contributed by atoms with Gasteiger partial charge in [-0.2, -0.15) is 5.10 Å². The summed E-state index contributed by atoms with van der Waals surface area (Å²) in [5, 5.41) is 3.87. The van der Waals surface area contributed by atoms with Crippen LogP contribution in [0.3, 0.4) is 0 Å². The van der Waals surface area contributed by atoms with Gasteiger partial charge in [0.15, 0.2) is 11.5 Å². The Hall–Kier alpha value is -2.54. The normalized spacial score (nSPS) is 10.8. The Morgan fingerprint density at radius 1 is 1.10 bits per heavy atom. The molecule has 0 unspecified atom stereocenters. The molecule has 2 aromatic carbocycles. The lowest BCUT2D eigenvalue weighted by Gasteiger charge is -2.14. The van der Waals surface area contributed by atoms with E-state index in [0.29, 0.717) is 24.7 Å². The molecule has 0 radical (unpaired) electrons. The van der Waals surface area contributed by atoms with Crippen LogP contribution in [0.4, 0.5) is 0 Å². The van der Waals surface area contributed by atoms with Gasteiger partial charge >= 0.3 is 0 Å². The van der Waals surface area contributed by atoms with E-state index < -0.39 is 0 Å². The molecule has 168 valence electrons. The largest absolute Gasteiger partial charge is 0.493 e. The molecular weight excluding hydrogens is 460 g/mol. The van der Waals surface area contributed by atoms with Gasteiger partial charge in [0, 0.05) is 6.92 Å². The van der Waals surface area contributed by atoms with Gasteiger partial charge in [-0.15, -0.1) is 0 Å². The average Bonchev–Trinajstić information content (AvgIpc) is 2.75. The summed E-state index contributed by atoms with van der Waals surface area (Å²) in [6, 6.07) is 11.9. The van der Waals surface area contributed by atoms with Crippen LogP contribution in [0.1, 0.15) is 50.7 Å². The lowest BCUT2D eigenvalue weighted by Crippen LogP contribution is -2.12. The molecule has 0 atom stereocenters. The lowest BCUT2D eigenvalue weighted by atomic mass is 10.1.